The van der Waals surface area contributed by atoms with Crippen molar-refractivity contribution < 1.29 is 9.15 Å². The first-order chi connectivity index (χ1) is 23.3. The molecule has 4 nitrogen and oxygen atoms in total. The average Bonchev–Trinajstić information content (AvgIpc) is 3.73. The zero-order chi connectivity index (χ0) is 31.2. The Bertz CT molecular complexity index is 2350. The van der Waals surface area contributed by atoms with Crippen molar-refractivity contribution in [2.45, 2.75) is 6.23 Å². The van der Waals surface area contributed by atoms with E-state index in [1.54, 1.807) is 0 Å². The largest absolute Gasteiger partial charge is 0.464 e. The Labute approximate surface area is 273 Å². The lowest BCUT2D eigenvalue weighted by Gasteiger charge is -2.25. The van der Waals surface area contributed by atoms with Crippen molar-refractivity contribution in [1.29, 1.82) is 0 Å². The summed E-state index contributed by atoms with van der Waals surface area (Å²) in [5.41, 5.74) is 11.5. The molecule has 224 valence electrons. The molecule has 1 N–H and O–H groups in total. The van der Waals surface area contributed by atoms with E-state index in [9.17, 15) is 0 Å². The van der Waals surface area contributed by atoms with Crippen LogP contribution in [-0.4, -0.2) is 0 Å². The van der Waals surface area contributed by atoms with Gasteiger partial charge in [0, 0.05) is 33.8 Å². The Morgan fingerprint density at radius 1 is 0.489 bits per heavy atom. The van der Waals surface area contributed by atoms with Gasteiger partial charge >= 0.3 is 0 Å². The molecule has 47 heavy (non-hydrogen) atoms. The van der Waals surface area contributed by atoms with Gasteiger partial charge in [-0.05, 0) is 64.7 Å². The van der Waals surface area contributed by atoms with Crippen molar-refractivity contribution >= 4 is 44.7 Å². The van der Waals surface area contributed by atoms with Crippen LogP contribution >= 0.6 is 0 Å². The van der Waals surface area contributed by atoms with Crippen LogP contribution in [0, 0.1) is 0 Å². The van der Waals surface area contributed by atoms with Crippen molar-refractivity contribution in [2.24, 2.45) is 0 Å². The van der Waals surface area contributed by atoms with Crippen molar-refractivity contribution in [3.05, 3.63) is 175 Å². The summed E-state index contributed by atoms with van der Waals surface area (Å²) < 4.78 is 13.0. The third-order valence-electron chi connectivity index (χ3n) is 8.90. The summed E-state index contributed by atoms with van der Waals surface area (Å²) >= 11 is 0. The topological polar surface area (TPSA) is 37.6 Å². The highest BCUT2D eigenvalue weighted by atomic mass is 16.5. The van der Waals surface area contributed by atoms with Crippen LogP contribution in [0.25, 0.3) is 44.2 Å². The van der Waals surface area contributed by atoms with Crippen LogP contribution in [0.15, 0.2) is 174 Å². The maximum absolute atomic E-state index is 6.68. The Morgan fingerprint density at radius 3 is 1.85 bits per heavy atom. The minimum absolute atomic E-state index is 0.225. The van der Waals surface area contributed by atoms with Crippen LogP contribution in [0.2, 0.25) is 0 Å². The SMILES string of the molecule is c1ccc(-c2cccc(-c3ccc(N(c4ccccc4)c4cccc5c4oc4cc6c(cc45)OC(c4ccccc4)N6)cc3)c2)cc1. The second kappa shape index (κ2) is 11.3. The molecule has 0 amide bonds. The molecular weight excluding hydrogens is 576 g/mol. The molecule has 8 aromatic rings. The highest BCUT2D eigenvalue weighted by Gasteiger charge is 2.26. The van der Waals surface area contributed by atoms with E-state index >= 15 is 0 Å². The lowest BCUT2D eigenvalue weighted by molar-refractivity contribution is 0.260. The molecule has 1 unspecified atom stereocenters. The lowest BCUT2D eigenvalue weighted by atomic mass is 9.99. The van der Waals surface area contributed by atoms with Crippen LogP contribution in [0.3, 0.4) is 0 Å². The number of anilines is 4. The summed E-state index contributed by atoms with van der Waals surface area (Å²) in [6, 6.07) is 59.2. The smallest absolute Gasteiger partial charge is 0.196 e. The van der Waals surface area contributed by atoms with E-state index in [2.05, 4.69) is 156 Å². The van der Waals surface area contributed by atoms with Crippen LogP contribution in [-0.2, 0) is 0 Å². The van der Waals surface area contributed by atoms with Crippen LogP contribution in [0.4, 0.5) is 22.7 Å². The van der Waals surface area contributed by atoms with Crippen molar-refractivity contribution in [3.63, 3.8) is 0 Å². The Kier molecular flexibility index (Phi) is 6.50. The molecule has 4 heteroatoms. The average molecular weight is 607 g/mol. The Balaban J connectivity index is 1.11. The second-order valence-corrected chi connectivity index (χ2v) is 11.8. The van der Waals surface area contributed by atoms with E-state index in [1.807, 2.05) is 24.3 Å². The van der Waals surface area contributed by atoms with Gasteiger partial charge in [0.15, 0.2) is 11.8 Å². The number of furan rings is 1. The highest BCUT2D eigenvalue weighted by molar-refractivity contribution is 6.11. The summed E-state index contributed by atoms with van der Waals surface area (Å²) in [7, 11) is 0. The standard InChI is InChI=1S/C43H30N2O2/c1-4-12-29(13-5-1)32-16-10-17-33(26-32)30-22-24-35(25-23-30)45(34-18-8-3-9-19-34)39-21-11-20-36-37-27-41-38(28-40(37)46-42(36)39)44-43(47-41)31-14-6-2-7-15-31/h1-28,43-44H. The molecule has 0 bridgehead atoms. The van der Waals surface area contributed by atoms with E-state index in [0.29, 0.717) is 0 Å². The lowest BCUT2D eigenvalue weighted by Crippen LogP contribution is -2.10. The van der Waals surface area contributed by atoms with Gasteiger partial charge in [-0.25, -0.2) is 0 Å². The van der Waals surface area contributed by atoms with Gasteiger partial charge < -0.3 is 19.4 Å². The first-order valence-electron chi connectivity index (χ1n) is 15.9. The first kappa shape index (κ1) is 27.1. The molecule has 0 radical (unpaired) electrons. The summed E-state index contributed by atoms with van der Waals surface area (Å²) in [6.07, 6.45) is -0.225. The molecule has 2 heterocycles. The van der Waals surface area contributed by atoms with Gasteiger partial charge in [0.2, 0.25) is 0 Å². The van der Waals surface area contributed by atoms with Gasteiger partial charge in [-0.1, -0.05) is 121 Å². The number of fused-ring (bicyclic) bond motifs is 4. The van der Waals surface area contributed by atoms with E-state index in [4.69, 9.17) is 9.15 Å². The van der Waals surface area contributed by atoms with E-state index in [-0.39, 0.29) is 6.23 Å². The van der Waals surface area contributed by atoms with E-state index < -0.39 is 0 Å². The Hall–Kier alpha value is -6.26. The molecule has 1 atom stereocenters. The fraction of sp³-hybridized carbons (Fsp3) is 0.0233. The number of nitrogens with zero attached hydrogens (tertiary/aromatic N) is 1. The van der Waals surface area contributed by atoms with E-state index in [0.717, 1.165) is 61.6 Å². The molecule has 7 aromatic carbocycles. The van der Waals surface area contributed by atoms with Gasteiger partial charge in [-0.2, -0.15) is 0 Å². The minimum Gasteiger partial charge on any atom is -0.464 e. The molecular formula is C43H30N2O2. The monoisotopic (exact) mass is 606 g/mol. The third-order valence-corrected chi connectivity index (χ3v) is 8.90. The van der Waals surface area contributed by atoms with Crippen LogP contribution < -0.4 is 15.0 Å². The summed E-state index contributed by atoms with van der Waals surface area (Å²) in [6.45, 7) is 0. The molecule has 1 aliphatic rings. The molecule has 0 spiro atoms. The van der Waals surface area contributed by atoms with Crippen molar-refractivity contribution in [1.82, 2.24) is 0 Å². The maximum atomic E-state index is 6.68. The van der Waals surface area contributed by atoms with Gasteiger partial charge in [-0.3, -0.25) is 0 Å². The fourth-order valence-corrected chi connectivity index (χ4v) is 6.59. The predicted molar refractivity (Wildman–Crippen MR) is 193 cm³/mol. The van der Waals surface area contributed by atoms with Crippen molar-refractivity contribution in [2.75, 3.05) is 10.2 Å². The molecule has 0 aliphatic carbocycles. The molecule has 0 fully saturated rings. The summed E-state index contributed by atoms with van der Waals surface area (Å²) in [5, 5.41) is 5.58. The molecule has 1 aromatic heterocycles. The van der Waals surface area contributed by atoms with Gasteiger partial charge in [0.1, 0.15) is 11.3 Å². The quantitative estimate of drug-likeness (QED) is 0.204. The molecule has 9 rings (SSSR count). The molecule has 1 aliphatic heterocycles. The normalized spacial score (nSPS) is 13.7. The molecule has 0 saturated heterocycles. The molecule has 0 saturated carbocycles. The van der Waals surface area contributed by atoms with Crippen LogP contribution in [0.1, 0.15) is 11.8 Å². The van der Waals surface area contributed by atoms with E-state index in [1.165, 1.54) is 16.7 Å². The van der Waals surface area contributed by atoms with Gasteiger partial charge in [-0.15, -0.1) is 0 Å². The highest BCUT2D eigenvalue weighted by Crippen LogP contribution is 2.46. The second-order valence-electron chi connectivity index (χ2n) is 11.8. The number of hydrogen-bond acceptors (Lipinski definition) is 4. The van der Waals surface area contributed by atoms with Gasteiger partial charge in [0.05, 0.1) is 11.4 Å². The van der Waals surface area contributed by atoms with Crippen LogP contribution in [0.5, 0.6) is 5.75 Å². The third kappa shape index (κ3) is 4.88. The maximum Gasteiger partial charge on any atom is 0.196 e. The van der Waals surface area contributed by atoms with Crippen molar-refractivity contribution in [3.8, 4) is 28.0 Å². The number of benzene rings is 7. The van der Waals surface area contributed by atoms with Gasteiger partial charge in [0.25, 0.3) is 0 Å². The minimum atomic E-state index is -0.225. The number of nitrogens with one attached hydrogen (secondary N) is 1. The number of hydrogen-bond donors (Lipinski definition) is 1. The zero-order valence-electron chi connectivity index (χ0n) is 25.5. The number of ether oxygens (including phenoxy) is 1. The fourth-order valence-electron chi connectivity index (χ4n) is 6.59. The number of para-hydroxylation sites is 2. The summed E-state index contributed by atoms with van der Waals surface area (Å²) in [5.74, 6) is 0.825. The number of rotatable bonds is 6. The zero-order valence-corrected chi connectivity index (χ0v) is 25.5. The summed E-state index contributed by atoms with van der Waals surface area (Å²) in [4.78, 5) is 2.27. The Morgan fingerprint density at radius 2 is 1.11 bits per heavy atom. The predicted octanol–water partition coefficient (Wildman–Crippen LogP) is 11.9. The first-order valence-corrected chi connectivity index (χ1v) is 15.9.